The van der Waals surface area contributed by atoms with E-state index in [1.165, 1.54) is 6.26 Å². The Bertz CT molecular complexity index is 1150. The van der Waals surface area contributed by atoms with Gasteiger partial charge in [-0.15, -0.1) is 0 Å². The van der Waals surface area contributed by atoms with E-state index in [9.17, 15) is 13.2 Å². The molecule has 0 saturated heterocycles. The lowest BCUT2D eigenvalue weighted by Gasteiger charge is -2.16. The van der Waals surface area contributed by atoms with Crippen LogP contribution in [0.2, 0.25) is 0 Å². The third-order valence-electron chi connectivity index (χ3n) is 4.82. The van der Waals surface area contributed by atoms with Gasteiger partial charge in [0.15, 0.2) is 5.76 Å². The number of carbonyl (C=O) groups excluding carboxylic acids is 1. The van der Waals surface area contributed by atoms with Crippen molar-refractivity contribution in [2.45, 2.75) is 25.2 Å². The van der Waals surface area contributed by atoms with Gasteiger partial charge in [0.05, 0.1) is 11.2 Å². The summed E-state index contributed by atoms with van der Waals surface area (Å²) in [4.78, 5) is 14.5. The third kappa shape index (κ3) is 3.29. The van der Waals surface area contributed by atoms with Gasteiger partial charge in [-0.2, -0.15) is 0 Å². The van der Waals surface area contributed by atoms with E-state index in [1.54, 1.807) is 54.3 Å². The number of hydrogen-bond acceptors (Lipinski definition) is 4. The molecule has 28 heavy (non-hydrogen) atoms. The maximum atomic E-state index is 12.8. The van der Waals surface area contributed by atoms with E-state index in [0.29, 0.717) is 24.2 Å². The Morgan fingerprint density at radius 1 is 1.11 bits per heavy atom. The zero-order valence-electron chi connectivity index (χ0n) is 15.6. The molecule has 3 aromatic rings. The van der Waals surface area contributed by atoms with Crippen LogP contribution in [-0.2, 0) is 16.4 Å². The van der Waals surface area contributed by atoms with Crippen molar-refractivity contribution in [3.8, 4) is 0 Å². The Hall–Kier alpha value is -3.06. The summed E-state index contributed by atoms with van der Waals surface area (Å²) in [6, 6.07) is 13.8. The van der Waals surface area contributed by atoms with Crippen molar-refractivity contribution < 1.29 is 17.6 Å². The lowest BCUT2D eigenvalue weighted by molar-refractivity contribution is 0.0963. The number of carbonyl (C=O) groups is 1. The molecule has 0 spiro atoms. The van der Waals surface area contributed by atoms with Crippen LogP contribution in [0.25, 0.3) is 0 Å². The van der Waals surface area contributed by atoms with Crippen LogP contribution in [-0.4, -0.2) is 20.9 Å². The summed E-state index contributed by atoms with van der Waals surface area (Å²) >= 11 is 0. The molecule has 0 atom stereocenters. The van der Waals surface area contributed by atoms with E-state index < -0.39 is 10.0 Å². The monoisotopic (exact) mass is 396 g/mol. The smallest absolute Gasteiger partial charge is 0.293 e. The predicted molar refractivity (Wildman–Crippen MR) is 107 cm³/mol. The molecule has 1 N–H and O–H groups in total. The zero-order chi connectivity index (χ0) is 19.9. The van der Waals surface area contributed by atoms with Gasteiger partial charge in [0.25, 0.3) is 15.9 Å². The Morgan fingerprint density at radius 2 is 1.93 bits per heavy atom. The van der Waals surface area contributed by atoms with Crippen LogP contribution in [0.1, 0.15) is 27.2 Å². The topological polar surface area (TPSA) is 79.6 Å². The summed E-state index contributed by atoms with van der Waals surface area (Å²) in [5, 5.41) is 0. The standard InChI is InChI=1S/C21H20N2O4S/c1-14-5-8-20(15(2)12-14)28(25,26)22-17-6-7-18-16(13-17)9-10-23(18)21(24)19-4-3-11-27-19/h3-8,11-13,22H,9-10H2,1-2H3. The molecule has 0 fully saturated rings. The van der Waals surface area contributed by atoms with Crippen LogP contribution in [0.3, 0.4) is 0 Å². The highest BCUT2D eigenvalue weighted by atomic mass is 32.2. The lowest BCUT2D eigenvalue weighted by Crippen LogP contribution is -2.28. The first kappa shape index (κ1) is 18.3. The van der Waals surface area contributed by atoms with Gasteiger partial charge < -0.3 is 9.32 Å². The normalized spacial score (nSPS) is 13.4. The maximum Gasteiger partial charge on any atom is 0.293 e. The van der Waals surface area contributed by atoms with E-state index in [0.717, 1.165) is 16.8 Å². The minimum Gasteiger partial charge on any atom is -0.459 e. The quantitative estimate of drug-likeness (QED) is 0.725. The summed E-state index contributed by atoms with van der Waals surface area (Å²) in [5.41, 5.74) is 3.88. The highest BCUT2D eigenvalue weighted by Gasteiger charge is 2.27. The third-order valence-corrected chi connectivity index (χ3v) is 6.37. The summed E-state index contributed by atoms with van der Waals surface area (Å²) < 4.78 is 33.4. The number of aryl methyl sites for hydroxylation is 2. The molecule has 1 aliphatic rings. The highest BCUT2D eigenvalue weighted by Crippen LogP contribution is 2.32. The Kier molecular flexibility index (Phi) is 4.47. The molecule has 0 bridgehead atoms. The van der Waals surface area contributed by atoms with Crippen molar-refractivity contribution in [3.05, 3.63) is 77.2 Å². The molecule has 7 heteroatoms. The number of fused-ring (bicyclic) bond motifs is 1. The first-order chi connectivity index (χ1) is 13.3. The maximum absolute atomic E-state index is 12.8. The molecule has 2 aromatic carbocycles. The van der Waals surface area contributed by atoms with Crippen molar-refractivity contribution in [2.75, 3.05) is 16.2 Å². The minimum absolute atomic E-state index is 0.202. The van der Waals surface area contributed by atoms with Gasteiger partial charge in [0.1, 0.15) is 0 Å². The van der Waals surface area contributed by atoms with Crippen LogP contribution in [0.5, 0.6) is 0 Å². The molecule has 0 saturated carbocycles. The fourth-order valence-electron chi connectivity index (χ4n) is 3.52. The summed E-state index contributed by atoms with van der Waals surface area (Å²) in [6.45, 7) is 4.23. The van der Waals surface area contributed by atoms with Crippen LogP contribution < -0.4 is 9.62 Å². The van der Waals surface area contributed by atoms with E-state index in [-0.39, 0.29) is 16.6 Å². The van der Waals surface area contributed by atoms with Gasteiger partial charge in [0.2, 0.25) is 0 Å². The number of benzene rings is 2. The van der Waals surface area contributed by atoms with Crippen LogP contribution in [0, 0.1) is 13.8 Å². The van der Waals surface area contributed by atoms with E-state index >= 15 is 0 Å². The molecular formula is C21H20N2O4S. The number of amides is 1. The molecule has 2 heterocycles. The first-order valence-electron chi connectivity index (χ1n) is 8.93. The molecule has 1 aliphatic heterocycles. The Morgan fingerprint density at radius 3 is 2.64 bits per heavy atom. The molecule has 0 radical (unpaired) electrons. The van der Waals surface area contributed by atoms with Crippen molar-refractivity contribution in [1.82, 2.24) is 0 Å². The average Bonchev–Trinajstić information content (AvgIpc) is 3.30. The molecule has 0 aliphatic carbocycles. The van der Waals surface area contributed by atoms with Gasteiger partial charge in [-0.25, -0.2) is 8.42 Å². The number of sulfonamides is 1. The summed E-state index contributed by atoms with van der Waals surface area (Å²) in [6.07, 6.45) is 2.12. The average molecular weight is 396 g/mol. The van der Waals surface area contributed by atoms with Crippen molar-refractivity contribution >= 4 is 27.3 Å². The van der Waals surface area contributed by atoms with Crippen LogP contribution in [0.15, 0.2) is 64.1 Å². The Labute approximate surface area is 163 Å². The molecule has 1 aromatic heterocycles. The number of furan rings is 1. The highest BCUT2D eigenvalue weighted by molar-refractivity contribution is 7.92. The fraction of sp³-hybridized carbons (Fsp3) is 0.190. The largest absolute Gasteiger partial charge is 0.459 e. The predicted octanol–water partition coefficient (Wildman–Crippen LogP) is 3.90. The Balaban J connectivity index is 1.59. The van der Waals surface area contributed by atoms with Crippen LogP contribution >= 0.6 is 0 Å². The van der Waals surface area contributed by atoms with Crippen LogP contribution in [0.4, 0.5) is 11.4 Å². The fourth-order valence-corrected chi connectivity index (χ4v) is 4.80. The second kappa shape index (κ2) is 6.83. The number of anilines is 2. The van der Waals surface area contributed by atoms with Gasteiger partial charge >= 0.3 is 0 Å². The van der Waals surface area contributed by atoms with Gasteiger partial charge in [0, 0.05) is 17.9 Å². The van der Waals surface area contributed by atoms with Gasteiger partial charge in [-0.1, -0.05) is 17.7 Å². The number of nitrogens with zero attached hydrogens (tertiary/aromatic N) is 1. The molecule has 144 valence electrons. The molecule has 6 nitrogen and oxygen atoms in total. The SMILES string of the molecule is Cc1ccc(S(=O)(=O)Nc2ccc3c(c2)CCN3C(=O)c2ccco2)c(C)c1. The van der Waals surface area contributed by atoms with Gasteiger partial charge in [-0.3, -0.25) is 9.52 Å². The van der Waals surface area contributed by atoms with Crippen molar-refractivity contribution in [3.63, 3.8) is 0 Å². The van der Waals surface area contributed by atoms with E-state index in [4.69, 9.17) is 4.42 Å². The lowest BCUT2D eigenvalue weighted by atomic mass is 10.1. The zero-order valence-corrected chi connectivity index (χ0v) is 16.4. The summed E-state index contributed by atoms with van der Waals surface area (Å²) in [7, 11) is -3.69. The number of rotatable bonds is 4. The van der Waals surface area contributed by atoms with Gasteiger partial charge in [-0.05, 0) is 67.8 Å². The minimum atomic E-state index is -3.69. The molecule has 0 unspecified atom stereocenters. The molecule has 1 amide bonds. The second-order valence-electron chi connectivity index (χ2n) is 6.90. The van der Waals surface area contributed by atoms with Crippen molar-refractivity contribution in [2.24, 2.45) is 0 Å². The second-order valence-corrected chi connectivity index (χ2v) is 8.55. The van der Waals surface area contributed by atoms with E-state index in [2.05, 4.69) is 4.72 Å². The number of hydrogen-bond donors (Lipinski definition) is 1. The molecule has 4 rings (SSSR count). The first-order valence-corrected chi connectivity index (χ1v) is 10.4. The molecular weight excluding hydrogens is 376 g/mol. The number of nitrogens with one attached hydrogen (secondary N) is 1. The van der Waals surface area contributed by atoms with Crippen molar-refractivity contribution in [1.29, 1.82) is 0 Å². The summed E-state index contributed by atoms with van der Waals surface area (Å²) in [5.74, 6) is 0.0832. The van der Waals surface area contributed by atoms with E-state index in [1.807, 2.05) is 13.0 Å².